The molecule has 2 saturated heterocycles. The van der Waals surface area contributed by atoms with Crippen molar-refractivity contribution in [1.29, 1.82) is 0 Å². The molecular formula is C52H69N7O8. The molecule has 67 heavy (non-hydrogen) atoms. The smallest absolute Gasteiger partial charge is 0.375 e. The van der Waals surface area contributed by atoms with Crippen molar-refractivity contribution in [2.24, 2.45) is 34.8 Å². The highest BCUT2D eigenvalue weighted by Gasteiger charge is 2.71. The van der Waals surface area contributed by atoms with E-state index >= 15 is 19.2 Å². The lowest BCUT2D eigenvalue weighted by molar-refractivity contribution is -0.168. The molecule has 0 aromatic heterocycles. The van der Waals surface area contributed by atoms with E-state index < -0.39 is 92.8 Å². The minimum absolute atomic E-state index is 0.139. The lowest BCUT2D eigenvalue weighted by Crippen LogP contribution is -2.79. The monoisotopic (exact) mass is 920 g/mol. The van der Waals surface area contributed by atoms with Gasteiger partial charge in [0.1, 0.15) is 0 Å². The van der Waals surface area contributed by atoms with E-state index in [1.54, 1.807) is 9.80 Å². The van der Waals surface area contributed by atoms with Crippen LogP contribution in [0.15, 0.2) is 66.7 Å². The number of ether oxygens (including phenoxy) is 2. The zero-order chi connectivity index (χ0) is 49.4. The van der Waals surface area contributed by atoms with Crippen molar-refractivity contribution in [3.8, 4) is 0 Å². The summed E-state index contributed by atoms with van der Waals surface area (Å²) >= 11 is 0. The number of likely N-dealkylation sites (tertiary alicyclic amines) is 2. The van der Waals surface area contributed by atoms with Gasteiger partial charge in [-0.3, -0.25) is 19.4 Å². The third-order valence-corrected chi connectivity index (χ3v) is 16.2. The van der Waals surface area contributed by atoms with E-state index in [4.69, 9.17) is 32.4 Å². The third kappa shape index (κ3) is 7.38. The van der Waals surface area contributed by atoms with Gasteiger partial charge in [0.05, 0.1) is 12.3 Å². The van der Waals surface area contributed by atoms with Gasteiger partial charge in [0.2, 0.25) is 11.1 Å². The molecule has 4 bridgehead atoms. The SMILES string of the molecule is CC1Cc2ccc(cc2)[C@@]1(C)[C@](C(N)=O)(C(=O)OC(N)=O)N1CCCC1N(c1cccc(C(C)(C)C)c1C(C)(C)C)C1CCCN1[C@@](C(N)=O)(C(=O)OC(N)=O)[C@]1(C)c2ccc(cc2)CC1C. The number of amides is 4. The zero-order valence-electron chi connectivity index (χ0n) is 40.7. The molecule has 4 aliphatic carbocycles. The number of anilines is 1. The third-order valence-electron chi connectivity index (χ3n) is 16.2. The van der Waals surface area contributed by atoms with Crippen LogP contribution in [0.5, 0.6) is 0 Å². The number of carbonyl (C=O) groups is 6. The van der Waals surface area contributed by atoms with Crippen LogP contribution in [0.2, 0.25) is 0 Å². The molecule has 0 saturated carbocycles. The topological polar surface area (TPSA) is 235 Å². The molecule has 8 N–H and O–H groups in total. The highest BCUT2D eigenvalue weighted by Crippen LogP contribution is 2.55. The van der Waals surface area contributed by atoms with Gasteiger partial charge in [-0.15, -0.1) is 0 Å². The Morgan fingerprint density at radius 2 is 0.985 bits per heavy atom. The Morgan fingerprint density at radius 3 is 1.31 bits per heavy atom. The summed E-state index contributed by atoms with van der Waals surface area (Å²) in [6.07, 6.45) is -2.07. The van der Waals surface area contributed by atoms with Crippen LogP contribution < -0.4 is 27.8 Å². The number of primary amides is 4. The molecule has 2 aliphatic heterocycles. The Hall–Kier alpha value is -5.80. The second kappa shape index (κ2) is 17.1. The number of fused-ring (bicyclic) bond motifs is 8. The molecule has 2 heterocycles. The fourth-order valence-electron chi connectivity index (χ4n) is 12.9. The number of nitrogens with zero attached hydrogens (tertiary/aromatic N) is 3. The predicted octanol–water partition coefficient (Wildman–Crippen LogP) is 5.92. The van der Waals surface area contributed by atoms with Gasteiger partial charge in [-0.25, -0.2) is 19.2 Å². The minimum atomic E-state index is -2.37. The first-order chi connectivity index (χ1) is 31.2. The average molecular weight is 920 g/mol. The summed E-state index contributed by atoms with van der Waals surface area (Å²) in [5.41, 5.74) is 22.1. The number of hydrogen-bond acceptors (Lipinski definition) is 11. The summed E-state index contributed by atoms with van der Waals surface area (Å²) in [7, 11) is 0. The lowest BCUT2D eigenvalue weighted by atomic mass is 9.58. The first-order valence-corrected chi connectivity index (χ1v) is 23.5. The standard InChI is InChI=1S/C52H69N7O8/c1-30-28-32-18-22-34(23-19-32)49(30,9)51(41(53)60,43(62)66-45(55)64)57-26-12-16-38(57)59(37-15-11-14-36(47(3,4)5)40(37)48(6,7)8)39-17-13-27-58(39)52(42(54)61,44(63)67-46(56)65)50(10)31(2)29-33-20-24-35(50)25-21-33/h11,14-15,18-25,30-31,38-39H,12-13,16-17,26-29H2,1-10H3,(H2,53,60)(H2,54,61)(H2,55,64)(H2,56,65)/t30?,31?,38?,39?,49-,50-,51-,52-/m0/s1. The van der Waals surface area contributed by atoms with Gasteiger partial charge < -0.3 is 37.3 Å². The maximum absolute atomic E-state index is 15.3. The molecule has 8 atom stereocenters. The number of nitrogens with two attached hydrogens (primary N) is 4. The lowest BCUT2D eigenvalue weighted by Gasteiger charge is -2.58. The van der Waals surface area contributed by atoms with Crippen LogP contribution in [0.25, 0.3) is 0 Å². The number of benzene rings is 3. The van der Waals surface area contributed by atoms with Crippen LogP contribution >= 0.6 is 0 Å². The van der Waals surface area contributed by atoms with Gasteiger partial charge in [-0.2, -0.15) is 0 Å². The summed E-state index contributed by atoms with van der Waals surface area (Å²) in [4.78, 5) is 92.0. The van der Waals surface area contributed by atoms with Crippen LogP contribution in [0.4, 0.5) is 15.3 Å². The van der Waals surface area contributed by atoms with Gasteiger partial charge in [0.25, 0.3) is 11.8 Å². The second-order valence-corrected chi connectivity index (χ2v) is 21.8. The first kappa shape index (κ1) is 49.1. The van der Waals surface area contributed by atoms with E-state index in [0.717, 1.165) is 22.3 Å². The Morgan fingerprint density at radius 1 is 0.597 bits per heavy atom. The minimum Gasteiger partial charge on any atom is -0.375 e. The van der Waals surface area contributed by atoms with Gasteiger partial charge >= 0.3 is 24.1 Å². The summed E-state index contributed by atoms with van der Waals surface area (Å²) in [6, 6.07) is 21.4. The van der Waals surface area contributed by atoms with E-state index in [1.807, 2.05) is 88.4 Å². The molecule has 9 rings (SSSR count). The van der Waals surface area contributed by atoms with Gasteiger partial charge in [-0.1, -0.05) is 130 Å². The molecule has 15 nitrogen and oxygen atoms in total. The fraction of sp³-hybridized carbons (Fsp3) is 0.538. The molecule has 15 heteroatoms. The number of carbonyl (C=O) groups excluding carboxylic acids is 6. The maximum atomic E-state index is 15.3. The van der Waals surface area contributed by atoms with Crippen LogP contribution in [0.3, 0.4) is 0 Å². The highest BCUT2D eigenvalue weighted by atomic mass is 16.6. The normalized spacial score (nSPS) is 27.0. The summed E-state index contributed by atoms with van der Waals surface area (Å²) in [6.45, 7) is 20.6. The quantitative estimate of drug-likeness (QED) is 0.130. The van der Waals surface area contributed by atoms with E-state index in [-0.39, 0.29) is 13.1 Å². The summed E-state index contributed by atoms with van der Waals surface area (Å²) in [5, 5.41) is 0. The van der Waals surface area contributed by atoms with Crippen LogP contribution in [-0.2, 0) is 63.2 Å². The molecule has 6 aliphatic rings. The van der Waals surface area contributed by atoms with E-state index in [9.17, 15) is 9.59 Å². The first-order valence-electron chi connectivity index (χ1n) is 23.5. The van der Waals surface area contributed by atoms with Gasteiger partial charge in [0, 0.05) is 29.6 Å². The van der Waals surface area contributed by atoms with Crippen molar-refractivity contribution in [1.82, 2.24) is 9.80 Å². The van der Waals surface area contributed by atoms with Crippen molar-refractivity contribution in [3.05, 3.63) is 100 Å². The molecule has 3 aromatic carbocycles. The molecule has 3 aromatic rings. The van der Waals surface area contributed by atoms with Crippen LogP contribution in [0, 0.1) is 11.8 Å². The molecular weight excluding hydrogens is 851 g/mol. The average Bonchev–Trinajstić information content (AvgIpc) is 3.81. The fourth-order valence-corrected chi connectivity index (χ4v) is 12.9. The molecule has 0 radical (unpaired) electrons. The Kier molecular flexibility index (Phi) is 12.5. The van der Waals surface area contributed by atoms with Crippen molar-refractivity contribution >= 4 is 41.6 Å². The Labute approximate surface area is 394 Å². The van der Waals surface area contributed by atoms with Crippen LogP contribution in [-0.4, -0.2) is 82.2 Å². The Balaban J connectivity index is 1.59. The number of esters is 2. The van der Waals surface area contributed by atoms with Gasteiger partial charge in [-0.05, 0) is 101 Å². The van der Waals surface area contributed by atoms with Crippen molar-refractivity contribution in [2.75, 3.05) is 18.0 Å². The van der Waals surface area contributed by atoms with Crippen molar-refractivity contribution < 1.29 is 38.2 Å². The Bertz CT molecular complexity index is 2350. The largest absolute Gasteiger partial charge is 0.412 e. The van der Waals surface area contributed by atoms with Crippen LogP contribution in [0.1, 0.15) is 128 Å². The van der Waals surface area contributed by atoms with Crippen molar-refractivity contribution in [3.63, 3.8) is 0 Å². The second-order valence-electron chi connectivity index (χ2n) is 21.8. The maximum Gasteiger partial charge on any atom is 0.412 e. The molecule has 360 valence electrons. The van der Waals surface area contributed by atoms with E-state index in [2.05, 4.69) is 52.5 Å². The van der Waals surface area contributed by atoms with E-state index in [0.29, 0.717) is 55.3 Å². The van der Waals surface area contributed by atoms with Crippen molar-refractivity contribution in [2.45, 2.75) is 153 Å². The number of rotatable bonds is 11. The van der Waals surface area contributed by atoms with E-state index in [1.165, 1.54) is 0 Å². The summed E-state index contributed by atoms with van der Waals surface area (Å²) in [5.74, 6) is -5.33. The molecule has 4 amide bonds. The highest BCUT2D eigenvalue weighted by molar-refractivity contribution is 6.12. The van der Waals surface area contributed by atoms with Gasteiger partial charge in [0.15, 0.2) is 0 Å². The number of hydrogen-bond donors (Lipinski definition) is 4. The zero-order valence-corrected chi connectivity index (χ0v) is 40.7. The molecule has 2 fully saturated rings. The molecule has 4 unspecified atom stereocenters. The summed E-state index contributed by atoms with van der Waals surface area (Å²) < 4.78 is 10.8. The predicted molar refractivity (Wildman–Crippen MR) is 254 cm³/mol. The molecule has 0 spiro atoms.